The predicted molar refractivity (Wildman–Crippen MR) is 86.0 cm³/mol. The molecule has 0 aromatic rings. The average molecular weight is 281 g/mol. The van der Waals surface area contributed by atoms with Gasteiger partial charge in [0.05, 0.1) is 5.60 Å². The zero-order valence-electron chi connectivity index (χ0n) is 14.1. The van der Waals surface area contributed by atoms with Gasteiger partial charge in [-0.15, -0.1) is 0 Å². The van der Waals surface area contributed by atoms with Crippen LogP contribution in [-0.4, -0.2) is 25.3 Å². The molecule has 118 valence electrons. The second-order valence-electron chi connectivity index (χ2n) is 7.83. The van der Waals surface area contributed by atoms with Crippen molar-refractivity contribution in [2.45, 2.75) is 90.2 Å². The Morgan fingerprint density at radius 1 is 1.05 bits per heavy atom. The Hall–Kier alpha value is -0.0800. The van der Waals surface area contributed by atoms with E-state index in [9.17, 15) is 0 Å². The highest BCUT2D eigenvalue weighted by Gasteiger charge is 2.46. The highest BCUT2D eigenvalue weighted by Crippen LogP contribution is 2.46. The lowest BCUT2D eigenvalue weighted by molar-refractivity contribution is -0.119. The summed E-state index contributed by atoms with van der Waals surface area (Å²) < 4.78 is 6.41. The summed E-state index contributed by atoms with van der Waals surface area (Å²) in [6.07, 6.45) is 12.1. The lowest BCUT2D eigenvalue weighted by Gasteiger charge is -2.50. The maximum Gasteiger partial charge on any atom is 0.0837 e. The number of ether oxygens (including phenoxy) is 1. The Morgan fingerprint density at radius 2 is 1.65 bits per heavy atom. The van der Waals surface area contributed by atoms with Crippen molar-refractivity contribution in [1.82, 2.24) is 5.32 Å². The summed E-state index contributed by atoms with van der Waals surface area (Å²) in [6, 6.07) is 0.554. The van der Waals surface area contributed by atoms with Gasteiger partial charge in [-0.2, -0.15) is 0 Å². The number of likely N-dealkylation sites (N-methyl/N-ethyl adjacent to an activating group) is 1. The van der Waals surface area contributed by atoms with Gasteiger partial charge in [0.25, 0.3) is 0 Å². The fraction of sp³-hybridized carbons (Fsp3) is 1.00. The van der Waals surface area contributed by atoms with E-state index in [1.165, 1.54) is 57.8 Å². The summed E-state index contributed by atoms with van der Waals surface area (Å²) in [5.41, 5.74) is 0.604. The van der Waals surface area contributed by atoms with Crippen molar-refractivity contribution in [1.29, 1.82) is 0 Å². The van der Waals surface area contributed by atoms with E-state index in [2.05, 4.69) is 33.1 Å². The first kappa shape index (κ1) is 16.3. The molecule has 2 heteroatoms. The maximum atomic E-state index is 6.41. The molecule has 0 saturated heterocycles. The minimum atomic E-state index is 0.0982. The zero-order chi connectivity index (χ0) is 14.6. The Balaban J connectivity index is 2.12. The molecule has 0 radical (unpaired) electrons. The molecule has 0 bridgehead atoms. The summed E-state index contributed by atoms with van der Waals surface area (Å²) >= 11 is 0. The van der Waals surface area contributed by atoms with Crippen LogP contribution in [0.1, 0.15) is 78.6 Å². The smallest absolute Gasteiger partial charge is 0.0837 e. The van der Waals surface area contributed by atoms with Crippen molar-refractivity contribution >= 4 is 0 Å². The van der Waals surface area contributed by atoms with Gasteiger partial charge < -0.3 is 10.1 Å². The molecule has 2 rings (SSSR count). The van der Waals surface area contributed by atoms with Gasteiger partial charge in [0.1, 0.15) is 0 Å². The number of hydrogen-bond acceptors (Lipinski definition) is 2. The third-order valence-electron chi connectivity index (χ3n) is 5.88. The van der Waals surface area contributed by atoms with Crippen LogP contribution in [0.25, 0.3) is 0 Å². The lowest BCUT2D eigenvalue weighted by atomic mass is 9.65. The van der Waals surface area contributed by atoms with Crippen LogP contribution in [-0.2, 0) is 4.74 Å². The molecule has 20 heavy (non-hydrogen) atoms. The van der Waals surface area contributed by atoms with Gasteiger partial charge in [0.15, 0.2) is 0 Å². The van der Waals surface area contributed by atoms with Crippen LogP contribution in [0, 0.1) is 11.3 Å². The predicted octanol–water partition coefficient (Wildman–Crippen LogP) is 4.53. The first-order valence-corrected chi connectivity index (χ1v) is 8.84. The zero-order valence-corrected chi connectivity index (χ0v) is 14.1. The van der Waals surface area contributed by atoms with Crippen LogP contribution in [0.3, 0.4) is 0 Å². The number of rotatable bonds is 5. The topological polar surface area (TPSA) is 21.3 Å². The average Bonchev–Trinajstić information content (AvgIpc) is 2.44. The Bertz CT molecular complexity index is 284. The highest BCUT2D eigenvalue weighted by atomic mass is 16.5. The second-order valence-corrected chi connectivity index (χ2v) is 7.83. The fourth-order valence-corrected chi connectivity index (χ4v) is 4.58. The molecule has 1 unspecified atom stereocenters. The van der Waals surface area contributed by atoms with E-state index < -0.39 is 0 Å². The normalized spacial score (nSPS) is 28.2. The molecule has 0 amide bonds. The van der Waals surface area contributed by atoms with E-state index in [0.717, 1.165) is 12.5 Å². The summed E-state index contributed by atoms with van der Waals surface area (Å²) in [6.45, 7) is 7.84. The van der Waals surface area contributed by atoms with E-state index in [1.54, 1.807) is 0 Å². The quantitative estimate of drug-likeness (QED) is 0.799. The van der Waals surface area contributed by atoms with E-state index in [-0.39, 0.29) is 5.60 Å². The highest BCUT2D eigenvalue weighted by molar-refractivity contribution is 5.01. The van der Waals surface area contributed by atoms with Crippen molar-refractivity contribution in [3.8, 4) is 0 Å². The number of hydrogen-bond donors (Lipinski definition) is 1. The molecule has 0 spiro atoms. The minimum absolute atomic E-state index is 0.0982. The van der Waals surface area contributed by atoms with Gasteiger partial charge >= 0.3 is 0 Å². The van der Waals surface area contributed by atoms with Gasteiger partial charge in [0.2, 0.25) is 0 Å². The Morgan fingerprint density at radius 3 is 2.15 bits per heavy atom. The monoisotopic (exact) mass is 281 g/mol. The van der Waals surface area contributed by atoms with E-state index in [1.807, 2.05) is 0 Å². The van der Waals surface area contributed by atoms with E-state index in [4.69, 9.17) is 4.74 Å². The molecule has 2 aliphatic carbocycles. The first-order valence-electron chi connectivity index (χ1n) is 8.84. The van der Waals surface area contributed by atoms with Crippen LogP contribution in [0.5, 0.6) is 0 Å². The third-order valence-corrected chi connectivity index (χ3v) is 5.88. The van der Waals surface area contributed by atoms with Crippen molar-refractivity contribution in [2.75, 3.05) is 13.7 Å². The molecule has 0 aromatic carbocycles. The van der Waals surface area contributed by atoms with Gasteiger partial charge in [-0.1, -0.05) is 33.1 Å². The van der Waals surface area contributed by atoms with Gasteiger partial charge in [-0.05, 0) is 63.8 Å². The lowest BCUT2D eigenvalue weighted by Crippen LogP contribution is -2.57. The molecule has 2 nitrogen and oxygen atoms in total. The van der Waals surface area contributed by atoms with E-state index >= 15 is 0 Å². The Kier molecular flexibility index (Phi) is 5.53. The van der Waals surface area contributed by atoms with Crippen LogP contribution in [0.15, 0.2) is 0 Å². The third kappa shape index (κ3) is 3.57. The molecule has 2 aliphatic rings. The molecule has 0 aliphatic heterocycles. The Labute approximate surface area is 126 Å². The van der Waals surface area contributed by atoms with Crippen LogP contribution in [0.4, 0.5) is 0 Å². The molecule has 1 atom stereocenters. The summed E-state index contributed by atoms with van der Waals surface area (Å²) in [4.78, 5) is 0. The standard InChI is InChI=1S/C18H35NO/c1-5-20-18(13-11-17(2,3)12-14-18)16(19-4)15-9-7-6-8-10-15/h15-16,19H,5-14H2,1-4H3. The van der Waals surface area contributed by atoms with Crippen LogP contribution in [0.2, 0.25) is 0 Å². The summed E-state index contributed by atoms with van der Waals surface area (Å²) in [5, 5.41) is 3.67. The summed E-state index contributed by atoms with van der Waals surface area (Å²) in [7, 11) is 2.15. The van der Waals surface area contributed by atoms with Crippen LogP contribution >= 0.6 is 0 Å². The van der Waals surface area contributed by atoms with Gasteiger partial charge in [-0.3, -0.25) is 0 Å². The van der Waals surface area contributed by atoms with Gasteiger partial charge in [-0.25, -0.2) is 0 Å². The first-order chi connectivity index (χ1) is 9.53. The molecule has 0 aromatic heterocycles. The molecule has 0 heterocycles. The second kappa shape index (κ2) is 6.79. The number of nitrogens with one attached hydrogen (secondary N) is 1. The van der Waals surface area contributed by atoms with Crippen LogP contribution < -0.4 is 5.32 Å². The molecular weight excluding hydrogens is 246 g/mol. The SMILES string of the molecule is CCOC1(C(NC)C2CCCCC2)CCC(C)(C)CC1. The molecule has 1 N–H and O–H groups in total. The summed E-state index contributed by atoms with van der Waals surface area (Å²) in [5.74, 6) is 0.821. The van der Waals surface area contributed by atoms with Crippen molar-refractivity contribution in [3.63, 3.8) is 0 Å². The largest absolute Gasteiger partial charge is 0.374 e. The van der Waals surface area contributed by atoms with Crippen molar-refractivity contribution in [3.05, 3.63) is 0 Å². The maximum absolute atomic E-state index is 6.41. The molecular formula is C18H35NO. The van der Waals surface area contributed by atoms with Gasteiger partial charge in [0, 0.05) is 12.6 Å². The molecule has 2 saturated carbocycles. The minimum Gasteiger partial charge on any atom is -0.374 e. The van der Waals surface area contributed by atoms with Crippen molar-refractivity contribution < 1.29 is 4.74 Å². The van der Waals surface area contributed by atoms with Crippen molar-refractivity contribution in [2.24, 2.45) is 11.3 Å². The fourth-order valence-electron chi connectivity index (χ4n) is 4.58. The molecule has 2 fully saturated rings. The van der Waals surface area contributed by atoms with E-state index in [0.29, 0.717) is 11.5 Å².